The Hall–Kier alpha value is -0.340. The molecule has 0 bridgehead atoms. The number of hydrogen-bond acceptors (Lipinski definition) is 2. The van der Waals surface area contributed by atoms with Crippen molar-refractivity contribution in [3.63, 3.8) is 0 Å². The molecule has 0 radical (unpaired) electrons. The first-order valence-electron chi connectivity index (χ1n) is 5.33. The maximum atomic E-state index is 6.18. The van der Waals surface area contributed by atoms with Crippen molar-refractivity contribution in [2.24, 2.45) is 11.1 Å². The zero-order valence-corrected chi connectivity index (χ0v) is 10.2. The Bertz CT molecular complexity index is 251. The van der Waals surface area contributed by atoms with Gasteiger partial charge in [-0.2, -0.15) is 11.3 Å². The summed E-state index contributed by atoms with van der Waals surface area (Å²) in [7, 11) is 0. The fourth-order valence-corrected chi connectivity index (χ4v) is 2.11. The number of nitrogens with two attached hydrogens (primary N) is 1. The van der Waals surface area contributed by atoms with Crippen LogP contribution in [0.25, 0.3) is 0 Å². The third-order valence-electron chi connectivity index (χ3n) is 3.24. The highest BCUT2D eigenvalue weighted by molar-refractivity contribution is 7.07. The lowest BCUT2D eigenvalue weighted by Gasteiger charge is -2.30. The summed E-state index contributed by atoms with van der Waals surface area (Å²) in [5, 5.41) is 4.34. The summed E-state index contributed by atoms with van der Waals surface area (Å²) in [6.45, 7) is 6.72. The van der Waals surface area contributed by atoms with Crippen LogP contribution in [-0.2, 0) is 6.42 Å². The van der Waals surface area contributed by atoms with E-state index in [4.69, 9.17) is 5.73 Å². The molecule has 0 saturated carbocycles. The summed E-state index contributed by atoms with van der Waals surface area (Å²) >= 11 is 1.76. The van der Waals surface area contributed by atoms with Crippen molar-refractivity contribution in [1.29, 1.82) is 0 Å². The molecule has 1 aromatic rings. The van der Waals surface area contributed by atoms with E-state index in [-0.39, 0.29) is 5.41 Å². The first-order chi connectivity index (χ1) is 6.56. The third-order valence-corrected chi connectivity index (χ3v) is 3.97. The highest BCUT2D eigenvalue weighted by Gasteiger charge is 2.23. The SMILES string of the molecule is CCC(C)(C)C(N)CCc1ccsc1. The Morgan fingerprint density at radius 2 is 2.21 bits per heavy atom. The van der Waals surface area contributed by atoms with Gasteiger partial charge in [0.1, 0.15) is 0 Å². The second-order valence-electron chi connectivity index (χ2n) is 4.62. The zero-order chi connectivity index (χ0) is 10.6. The third kappa shape index (κ3) is 3.10. The molecule has 0 saturated heterocycles. The average Bonchev–Trinajstić information content (AvgIpc) is 2.66. The van der Waals surface area contributed by atoms with E-state index < -0.39 is 0 Å². The van der Waals surface area contributed by atoms with E-state index in [1.165, 1.54) is 5.56 Å². The molecule has 80 valence electrons. The number of aryl methyl sites for hydroxylation is 1. The van der Waals surface area contributed by atoms with Crippen LogP contribution < -0.4 is 5.73 Å². The van der Waals surface area contributed by atoms with Crippen molar-refractivity contribution < 1.29 is 0 Å². The topological polar surface area (TPSA) is 26.0 Å². The van der Waals surface area contributed by atoms with Crippen LogP contribution in [0.4, 0.5) is 0 Å². The molecule has 0 aliphatic rings. The normalized spacial score (nSPS) is 14.3. The van der Waals surface area contributed by atoms with Gasteiger partial charge in [0, 0.05) is 6.04 Å². The molecule has 1 aromatic heterocycles. The van der Waals surface area contributed by atoms with E-state index in [2.05, 4.69) is 37.6 Å². The maximum Gasteiger partial charge on any atom is 0.00933 e. The fourth-order valence-electron chi connectivity index (χ4n) is 1.41. The second-order valence-corrected chi connectivity index (χ2v) is 5.40. The second kappa shape index (κ2) is 4.94. The Morgan fingerprint density at radius 3 is 2.71 bits per heavy atom. The van der Waals surface area contributed by atoms with Crippen molar-refractivity contribution in [3.8, 4) is 0 Å². The van der Waals surface area contributed by atoms with E-state index in [0.29, 0.717) is 6.04 Å². The van der Waals surface area contributed by atoms with E-state index >= 15 is 0 Å². The standard InChI is InChI=1S/C12H21NS/c1-4-12(2,3)11(13)6-5-10-7-8-14-9-10/h7-9,11H,4-6,13H2,1-3H3. The smallest absolute Gasteiger partial charge is 0.00933 e. The van der Waals surface area contributed by atoms with Crippen LogP contribution in [0.1, 0.15) is 39.2 Å². The van der Waals surface area contributed by atoms with Gasteiger partial charge in [-0.25, -0.2) is 0 Å². The predicted octanol–water partition coefficient (Wildman–Crippen LogP) is 3.44. The molecule has 1 unspecified atom stereocenters. The van der Waals surface area contributed by atoms with Crippen molar-refractivity contribution in [1.82, 2.24) is 0 Å². The minimum Gasteiger partial charge on any atom is -0.327 e. The fraction of sp³-hybridized carbons (Fsp3) is 0.667. The van der Waals surface area contributed by atoms with Crippen molar-refractivity contribution in [2.45, 2.75) is 46.1 Å². The van der Waals surface area contributed by atoms with E-state index in [1.807, 2.05) is 0 Å². The molecule has 0 spiro atoms. The van der Waals surface area contributed by atoms with Gasteiger partial charge in [0.15, 0.2) is 0 Å². The number of rotatable bonds is 5. The molecular weight excluding hydrogens is 190 g/mol. The lowest BCUT2D eigenvalue weighted by Crippen LogP contribution is -2.37. The van der Waals surface area contributed by atoms with Crippen molar-refractivity contribution >= 4 is 11.3 Å². The van der Waals surface area contributed by atoms with Gasteiger partial charge >= 0.3 is 0 Å². The summed E-state index contributed by atoms with van der Waals surface area (Å²) in [5.41, 5.74) is 7.88. The minimum absolute atomic E-state index is 0.274. The van der Waals surface area contributed by atoms with Gasteiger partial charge in [-0.1, -0.05) is 20.8 Å². The molecule has 1 atom stereocenters. The van der Waals surface area contributed by atoms with Crippen LogP contribution in [0.2, 0.25) is 0 Å². The maximum absolute atomic E-state index is 6.18. The summed E-state index contributed by atoms with van der Waals surface area (Å²) in [6, 6.07) is 2.50. The number of thiophene rings is 1. The first-order valence-corrected chi connectivity index (χ1v) is 6.27. The van der Waals surface area contributed by atoms with Crippen molar-refractivity contribution in [2.75, 3.05) is 0 Å². The Morgan fingerprint density at radius 1 is 1.50 bits per heavy atom. The first kappa shape index (κ1) is 11.7. The van der Waals surface area contributed by atoms with E-state index in [9.17, 15) is 0 Å². The molecule has 1 nitrogen and oxygen atoms in total. The highest BCUT2D eigenvalue weighted by Crippen LogP contribution is 2.26. The molecule has 14 heavy (non-hydrogen) atoms. The predicted molar refractivity (Wildman–Crippen MR) is 64.7 cm³/mol. The van der Waals surface area contributed by atoms with Gasteiger partial charge in [-0.15, -0.1) is 0 Å². The molecule has 0 aliphatic heterocycles. The molecule has 2 N–H and O–H groups in total. The van der Waals surface area contributed by atoms with Crippen LogP contribution in [0, 0.1) is 5.41 Å². The molecule has 0 amide bonds. The van der Waals surface area contributed by atoms with Gasteiger partial charge in [-0.3, -0.25) is 0 Å². The lowest BCUT2D eigenvalue weighted by atomic mass is 9.80. The molecule has 0 aromatic carbocycles. The molecule has 1 heterocycles. The van der Waals surface area contributed by atoms with Gasteiger partial charge in [0.05, 0.1) is 0 Å². The van der Waals surface area contributed by atoms with Crippen LogP contribution in [0.15, 0.2) is 16.8 Å². The summed E-state index contributed by atoms with van der Waals surface area (Å²) in [4.78, 5) is 0. The van der Waals surface area contributed by atoms with E-state index in [0.717, 1.165) is 19.3 Å². The Labute approximate surface area is 91.3 Å². The van der Waals surface area contributed by atoms with Gasteiger partial charge < -0.3 is 5.73 Å². The Balaban J connectivity index is 2.38. The zero-order valence-electron chi connectivity index (χ0n) is 9.42. The van der Waals surface area contributed by atoms with Gasteiger partial charge in [0.2, 0.25) is 0 Å². The monoisotopic (exact) mass is 211 g/mol. The van der Waals surface area contributed by atoms with Crippen LogP contribution in [-0.4, -0.2) is 6.04 Å². The van der Waals surface area contributed by atoms with Crippen LogP contribution >= 0.6 is 11.3 Å². The minimum atomic E-state index is 0.274. The summed E-state index contributed by atoms with van der Waals surface area (Å²) < 4.78 is 0. The lowest BCUT2D eigenvalue weighted by molar-refractivity contribution is 0.263. The van der Waals surface area contributed by atoms with E-state index in [1.54, 1.807) is 11.3 Å². The van der Waals surface area contributed by atoms with Crippen molar-refractivity contribution in [3.05, 3.63) is 22.4 Å². The van der Waals surface area contributed by atoms with Crippen LogP contribution in [0.3, 0.4) is 0 Å². The van der Waals surface area contributed by atoms with Gasteiger partial charge in [-0.05, 0) is 47.1 Å². The summed E-state index contributed by atoms with van der Waals surface area (Å²) in [5.74, 6) is 0. The quantitative estimate of drug-likeness (QED) is 0.793. The molecule has 0 fully saturated rings. The molecule has 2 heteroatoms. The highest BCUT2D eigenvalue weighted by atomic mass is 32.1. The number of hydrogen-bond donors (Lipinski definition) is 1. The molecule has 0 aliphatic carbocycles. The van der Waals surface area contributed by atoms with Crippen LogP contribution in [0.5, 0.6) is 0 Å². The molecular formula is C12H21NS. The Kier molecular flexibility index (Phi) is 4.14. The molecule has 1 rings (SSSR count). The van der Waals surface area contributed by atoms with Gasteiger partial charge in [0.25, 0.3) is 0 Å². The average molecular weight is 211 g/mol. The largest absolute Gasteiger partial charge is 0.327 e. The summed E-state index contributed by atoms with van der Waals surface area (Å²) in [6.07, 6.45) is 3.36.